The van der Waals surface area contributed by atoms with Crippen LogP contribution >= 0.6 is 23.2 Å². The van der Waals surface area contributed by atoms with E-state index in [1.54, 1.807) is 0 Å². The van der Waals surface area contributed by atoms with E-state index < -0.39 is 0 Å². The molecule has 0 aliphatic heterocycles. The first kappa shape index (κ1) is 17.1. The highest BCUT2D eigenvalue weighted by atomic mass is 35.5. The van der Waals surface area contributed by atoms with Crippen LogP contribution in [0.25, 0.3) is 0 Å². The molecular formula is C13H24Cl2O2. The first-order chi connectivity index (χ1) is 8.20. The average molecular weight is 283 g/mol. The predicted molar refractivity (Wildman–Crippen MR) is 73.9 cm³/mol. The number of esters is 1. The van der Waals surface area contributed by atoms with Crippen LogP contribution < -0.4 is 0 Å². The highest BCUT2D eigenvalue weighted by molar-refractivity contribution is 6.20. The molecule has 0 aromatic carbocycles. The monoisotopic (exact) mass is 282 g/mol. The SMILES string of the molecule is COC(=O)CCC(Cl)CCCCCCCCCl. The van der Waals surface area contributed by atoms with Crippen LogP contribution in [-0.2, 0) is 9.53 Å². The van der Waals surface area contributed by atoms with Crippen molar-refractivity contribution in [2.45, 2.75) is 63.2 Å². The van der Waals surface area contributed by atoms with E-state index in [2.05, 4.69) is 4.74 Å². The fourth-order valence-electron chi connectivity index (χ4n) is 1.69. The zero-order chi connectivity index (χ0) is 12.9. The summed E-state index contributed by atoms with van der Waals surface area (Å²) in [7, 11) is 1.41. The molecule has 0 bridgehead atoms. The molecule has 1 unspecified atom stereocenters. The van der Waals surface area contributed by atoms with Gasteiger partial charge in [0.1, 0.15) is 0 Å². The van der Waals surface area contributed by atoms with E-state index >= 15 is 0 Å². The van der Waals surface area contributed by atoms with Gasteiger partial charge in [-0.2, -0.15) is 0 Å². The van der Waals surface area contributed by atoms with Crippen LogP contribution in [0, 0.1) is 0 Å². The number of carbonyl (C=O) groups is 1. The number of halogens is 2. The van der Waals surface area contributed by atoms with Gasteiger partial charge in [0.2, 0.25) is 0 Å². The van der Waals surface area contributed by atoms with Crippen molar-refractivity contribution in [3.05, 3.63) is 0 Å². The van der Waals surface area contributed by atoms with Crippen LogP contribution in [0.3, 0.4) is 0 Å². The molecule has 0 aliphatic carbocycles. The normalized spacial score (nSPS) is 12.4. The molecule has 0 saturated heterocycles. The van der Waals surface area contributed by atoms with E-state index in [9.17, 15) is 4.79 Å². The van der Waals surface area contributed by atoms with Crippen molar-refractivity contribution < 1.29 is 9.53 Å². The number of hydrogen-bond donors (Lipinski definition) is 0. The number of alkyl halides is 2. The van der Waals surface area contributed by atoms with Gasteiger partial charge in [0.05, 0.1) is 7.11 Å². The summed E-state index contributed by atoms with van der Waals surface area (Å²) in [6, 6.07) is 0. The first-order valence-corrected chi connectivity index (χ1v) is 7.44. The average Bonchev–Trinajstić information content (AvgIpc) is 2.34. The number of unbranched alkanes of at least 4 members (excludes halogenated alkanes) is 5. The van der Waals surface area contributed by atoms with E-state index in [1.165, 1.54) is 32.8 Å². The lowest BCUT2D eigenvalue weighted by Gasteiger charge is -2.08. The van der Waals surface area contributed by atoms with Crippen LogP contribution in [0.4, 0.5) is 0 Å². The molecule has 0 spiro atoms. The zero-order valence-corrected chi connectivity index (χ0v) is 12.2. The quantitative estimate of drug-likeness (QED) is 0.316. The van der Waals surface area contributed by atoms with Crippen LogP contribution in [0.5, 0.6) is 0 Å². The number of ether oxygens (including phenoxy) is 1. The Morgan fingerprint density at radius 1 is 1.06 bits per heavy atom. The minimum Gasteiger partial charge on any atom is -0.469 e. The second-order valence-electron chi connectivity index (χ2n) is 4.31. The summed E-state index contributed by atoms with van der Waals surface area (Å²) in [5.41, 5.74) is 0. The van der Waals surface area contributed by atoms with Gasteiger partial charge in [-0.3, -0.25) is 4.79 Å². The van der Waals surface area contributed by atoms with E-state index in [-0.39, 0.29) is 11.3 Å². The standard InChI is InChI=1S/C13H24Cl2O2/c1-17-13(16)10-9-12(15)8-6-4-2-3-5-7-11-14/h12H,2-11H2,1H3. The van der Waals surface area contributed by atoms with Gasteiger partial charge >= 0.3 is 5.97 Å². The van der Waals surface area contributed by atoms with Crippen molar-refractivity contribution in [3.8, 4) is 0 Å². The van der Waals surface area contributed by atoms with Crippen molar-refractivity contribution in [1.29, 1.82) is 0 Å². The zero-order valence-electron chi connectivity index (χ0n) is 10.7. The molecule has 0 aliphatic rings. The third kappa shape index (κ3) is 12.3. The Labute approximate surface area is 115 Å². The molecule has 0 aromatic rings. The lowest BCUT2D eigenvalue weighted by atomic mass is 10.1. The predicted octanol–water partition coefficient (Wildman–Crippen LogP) is 4.52. The Bertz CT molecular complexity index is 186. The van der Waals surface area contributed by atoms with Gasteiger partial charge in [-0.1, -0.05) is 32.1 Å². The Balaban J connectivity index is 3.21. The van der Waals surface area contributed by atoms with Crippen molar-refractivity contribution in [2.75, 3.05) is 13.0 Å². The van der Waals surface area contributed by atoms with E-state index in [1.807, 2.05) is 0 Å². The second-order valence-corrected chi connectivity index (χ2v) is 5.31. The molecule has 2 nitrogen and oxygen atoms in total. The van der Waals surface area contributed by atoms with Gasteiger partial charge in [0, 0.05) is 17.7 Å². The molecule has 0 aromatic heterocycles. The maximum absolute atomic E-state index is 10.9. The highest BCUT2D eigenvalue weighted by Crippen LogP contribution is 2.16. The summed E-state index contributed by atoms with van der Waals surface area (Å²) in [6.07, 6.45) is 9.41. The second kappa shape index (κ2) is 12.5. The number of methoxy groups -OCH3 is 1. The molecule has 102 valence electrons. The molecule has 1 atom stereocenters. The van der Waals surface area contributed by atoms with Gasteiger partial charge in [-0.15, -0.1) is 23.2 Å². The number of carbonyl (C=O) groups excluding carboxylic acids is 1. The van der Waals surface area contributed by atoms with Gasteiger partial charge in [0.25, 0.3) is 0 Å². The smallest absolute Gasteiger partial charge is 0.305 e. The lowest BCUT2D eigenvalue weighted by Crippen LogP contribution is -2.05. The minimum absolute atomic E-state index is 0.108. The Kier molecular flexibility index (Phi) is 12.5. The molecule has 0 rings (SSSR count). The van der Waals surface area contributed by atoms with Crippen molar-refractivity contribution >= 4 is 29.2 Å². The Morgan fingerprint density at radius 3 is 2.24 bits per heavy atom. The Morgan fingerprint density at radius 2 is 1.65 bits per heavy atom. The maximum atomic E-state index is 10.9. The molecule has 0 amide bonds. The topological polar surface area (TPSA) is 26.3 Å². The van der Waals surface area contributed by atoms with Crippen molar-refractivity contribution in [1.82, 2.24) is 0 Å². The maximum Gasteiger partial charge on any atom is 0.305 e. The molecule has 0 saturated carbocycles. The molecule has 0 heterocycles. The summed E-state index contributed by atoms with van der Waals surface area (Å²) in [6.45, 7) is 0. The first-order valence-electron chi connectivity index (χ1n) is 6.47. The van der Waals surface area contributed by atoms with Crippen LogP contribution in [0.1, 0.15) is 57.8 Å². The third-order valence-electron chi connectivity index (χ3n) is 2.79. The van der Waals surface area contributed by atoms with Crippen LogP contribution in [0.2, 0.25) is 0 Å². The van der Waals surface area contributed by atoms with Crippen molar-refractivity contribution in [3.63, 3.8) is 0 Å². The minimum atomic E-state index is -0.170. The summed E-state index contributed by atoms with van der Waals surface area (Å²) in [4.78, 5) is 10.9. The fourth-order valence-corrected chi connectivity index (χ4v) is 2.14. The number of hydrogen-bond acceptors (Lipinski definition) is 2. The summed E-state index contributed by atoms with van der Waals surface area (Å²) < 4.78 is 4.57. The molecule has 0 radical (unpaired) electrons. The molecular weight excluding hydrogens is 259 g/mol. The van der Waals surface area contributed by atoms with Gasteiger partial charge in [0.15, 0.2) is 0 Å². The molecule has 0 fully saturated rings. The van der Waals surface area contributed by atoms with Crippen molar-refractivity contribution in [2.24, 2.45) is 0 Å². The van der Waals surface area contributed by atoms with Gasteiger partial charge in [-0.25, -0.2) is 0 Å². The van der Waals surface area contributed by atoms with Crippen LogP contribution in [-0.4, -0.2) is 24.3 Å². The number of rotatable bonds is 11. The van der Waals surface area contributed by atoms with E-state index in [0.29, 0.717) is 6.42 Å². The Hall–Kier alpha value is 0.0500. The third-order valence-corrected chi connectivity index (χ3v) is 3.49. The lowest BCUT2D eigenvalue weighted by molar-refractivity contribution is -0.140. The van der Waals surface area contributed by atoms with E-state index in [4.69, 9.17) is 23.2 Å². The summed E-state index contributed by atoms with van der Waals surface area (Å²) >= 11 is 11.7. The largest absolute Gasteiger partial charge is 0.469 e. The molecule has 0 N–H and O–H groups in total. The molecule has 17 heavy (non-hydrogen) atoms. The van der Waals surface area contributed by atoms with Crippen LogP contribution in [0.15, 0.2) is 0 Å². The molecule has 4 heteroatoms. The fraction of sp³-hybridized carbons (Fsp3) is 0.923. The summed E-state index contributed by atoms with van der Waals surface area (Å²) in [5, 5.41) is 0.108. The summed E-state index contributed by atoms with van der Waals surface area (Å²) in [5.74, 6) is 0.605. The highest BCUT2D eigenvalue weighted by Gasteiger charge is 2.08. The van der Waals surface area contributed by atoms with Gasteiger partial charge < -0.3 is 4.74 Å². The van der Waals surface area contributed by atoms with E-state index in [0.717, 1.165) is 31.6 Å². The van der Waals surface area contributed by atoms with Gasteiger partial charge in [-0.05, 0) is 19.3 Å².